The van der Waals surface area contributed by atoms with E-state index >= 15 is 0 Å². The van der Waals surface area contributed by atoms with Crippen LogP contribution in [0.3, 0.4) is 0 Å². The highest BCUT2D eigenvalue weighted by Crippen LogP contribution is 2.28. The van der Waals surface area contributed by atoms with Gasteiger partial charge in [0.15, 0.2) is 0 Å². The van der Waals surface area contributed by atoms with Crippen molar-refractivity contribution in [2.24, 2.45) is 0 Å². The van der Waals surface area contributed by atoms with Crippen molar-refractivity contribution in [3.8, 4) is 17.5 Å². The molecule has 6 nitrogen and oxygen atoms in total. The Bertz CT molecular complexity index is 970. The molecule has 1 heterocycles. The van der Waals surface area contributed by atoms with E-state index in [4.69, 9.17) is 21.3 Å². The van der Waals surface area contributed by atoms with Gasteiger partial charge in [-0.05, 0) is 43.3 Å². The number of thioether (sulfide) groups is 1. The van der Waals surface area contributed by atoms with Crippen molar-refractivity contribution in [2.75, 3.05) is 11.4 Å². The number of amides is 1. The van der Waals surface area contributed by atoms with Crippen molar-refractivity contribution in [1.82, 2.24) is 10.2 Å². The maximum atomic E-state index is 13.0. The van der Waals surface area contributed by atoms with Gasteiger partial charge in [-0.1, -0.05) is 41.6 Å². The summed E-state index contributed by atoms with van der Waals surface area (Å²) in [5.74, 6) is 0.237. The molecule has 0 spiro atoms. The predicted molar refractivity (Wildman–Crippen MR) is 109 cm³/mol. The molecule has 8 heteroatoms. The van der Waals surface area contributed by atoms with Crippen molar-refractivity contribution in [3.63, 3.8) is 0 Å². The maximum Gasteiger partial charge on any atom is 0.277 e. The Morgan fingerprint density at radius 3 is 2.61 bits per heavy atom. The summed E-state index contributed by atoms with van der Waals surface area (Å²) in [6.07, 6.45) is 0.249. The fourth-order valence-electron chi connectivity index (χ4n) is 2.52. The number of benzene rings is 2. The quantitative estimate of drug-likeness (QED) is 0.517. The molecular formula is C20H17ClN4O2S. The number of nitrogens with zero attached hydrogens (tertiary/aromatic N) is 4. The molecule has 0 fully saturated rings. The van der Waals surface area contributed by atoms with Crippen molar-refractivity contribution in [2.45, 2.75) is 23.8 Å². The van der Waals surface area contributed by atoms with Gasteiger partial charge in [-0.3, -0.25) is 4.79 Å². The zero-order valence-electron chi connectivity index (χ0n) is 15.1. The number of carbonyl (C=O) groups is 1. The fraction of sp³-hybridized carbons (Fsp3) is 0.200. The van der Waals surface area contributed by atoms with Gasteiger partial charge >= 0.3 is 0 Å². The van der Waals surface area contributed by atoms with Gasteiger partial charge < -0.3 is 9.32 Å². The number of anilines is 1. The van der Waals surface area contributed by atoms with Gasteiger partial charge in [0.2, 0.25) is 11.8 Å². The fourth-order valence-corrected chi connectivity index (χ4v) is 3.40. The van der Waals surface area contributed by atoms with Gasteiger partial charge in [-0.2, -0.15) is 5.26 Å². The maximum absolute atomic E-state index is 13.0. The molecule has 0 aliphatic rings. The molecule has 1 amide bonds. The lowest BCUT2D eigenvalue weighted by Crippen LogP contribution is -2.37. The van der Waals surface area contributed by atoms with E-state index in [0.717, 1.165) is 11.3 Å². The number of halogens is 1. The summed E-state index contributed by atoms with van der Waals surface area (Å²) < 4.78 is 5.67. The van der Waals surface area contributed by atoms with Gasteiger partial charge in [0, 0.05) is 22.8 Å². The van der Waals surface area contributed by atoms with Crippen LogP contribution < -0.4 is 4.90 Å². The van der Waals surface area contributed by atoms with E-state index in [2.05, 4.69) is 16.3 Å². The molecule has 142 valence electrons. The van der Waals surface area contributed by atoms with Gasteiger partial charge in [0.25, 0.3) is 5.22 Å². The SMILES string of the molecule is CC(Sc1nnc(-c2ccc(Cl)cc2)o1)C(=O)N(CCC#N)c1ccccc1. The van der Waals surface area contributed by atoms with Crippen LogP contribution >= 0.6 is 23.4 Å². The van der Waals surface area contributed by atoms with E-state index in [-0.39, 0.29) is 12.3 Å². The molecular weight excluding hydrogens is 396 g/mol. The third kappa shape index (κ3) is 4.91. The summed E-state index contributed by atoms with van der Waals surface area (Å²) in [6, 6.07) is 18.4. The molecule has 1 aromatic heterocycles. The van der Waals surface area contributed by atoms with Crippen molar-refractivity contribution in [1.29, 1.82) is 5.26 Å². The van der Waals surface area contributed by atoms with Crippen LogP contribution in [0.25, 0.3) is 11.5 Å². The summed E-state index contributed by atoms with van der Waals surface area (Å²) in [7, 11) is 0. The highest BCUT2D eigenvalue weighted by molar-refractivity contribution is 8.00. The van der Waals surface area contributed by atoms with Crippen LogP contribution in [0.15, 0.2) is 64.2 Å². The second kappa shape index (κ2) is 9.40. The van der Waals surface area contributed by atoms with E-state index in [9.17, 15) is 4.79 Å². The predicted octanol–water partition coefficient (Wildman–Crippen LogP) is 4.82. The number of nitriles is 1. The third-order valence-corrected chi connectivity index (χ3v) is 5.08. The average Bonchev–Trinajstić information content (AvgIpc) is 3.18. The van der Waals surface area contributed by atoms with E-state index < -0.39 is 5.25 Å². The van der Waals surface area contributed by atoms with Crippen LogP contribution in [0, 0.1) is 11.3 Å². The number of aromatic nitrogens is 2. The molecule has 0 saturated heterocycles. The standard InChI is InChI=1S/C20H17ClN4O2S/c1-14(19(26)25(13-5-12-22)17-6-3-2-4-7-17)28-20-24-23-18(27-20)15-8-10-16(21)11-9-15/h2-4,6-11,14H,5,13H2,1H3. The first-order valence-corrected chi connectivity index (χ1v) is 9.83. The summed E-state index contributed by atoms with van der Waals surface area (Å²) in [5.41, 5.74) is 1.50. The first-order valence-electron chi connectivity index (χ1n) is 8.58. The second-order valence-electron chi connectivity index (χ2n) is 5.87. The zero-order chi connectivity index (χ0) is 19.9. The smallest absolute Gasteiger partial charge is 0.277 e. The van der Waals surface area contributed by atoms with Crippen molar-refractivity contribution < 1.29 is 9.21 Å². The lowest BCUT2D eigenvalue weighted by molar-refractivity contribution is -0.117. The van der Waals surface area contributed by atoms with Crippen LogP contribution in [0.2, 0.25) is 5.02 Å². The Labute approximate surface area is 172 Å². The topological polar surface area (TPSA) is 83.0 Å². The van der Waals surface area contributed by atoms with E-state index in [1.54, 1.807) is 36.1 Å². The summed E-state index contributed by atoms with van der Waals surface area (Å²) in [5, 5.41) is 17.4. The number of para-hydroxylation sites is 1. The van der Waals surface area contributed by atoms with Crippen LogP contribution in [0.4, 0.5) is 5.69 Å². The third-order valence-electron chi connectivity index (χ3n) is 3.90. The molecule has 3 aromatic rings. The second-order valence-corrected chi connectivity index (χ2v) is 7.60. The van der Waals surface area contributed by atoms with Crippen LogP contribution in [0.5, 0.6) is 0 Å². The number of hydrogen-bond donors (Lipinski definition) is 0. The first-order chi connectivity index (χ1) is 13.6. The molecule has 1 atom stereocenters. The minimum Gasteiger partial charge on any atom is -0.411 e. The lowest BCUT2D eigenvalue weighted by Gasteiger charge is -2.24. The van der Waals surface area contributed by atoms with Gasteiger partial charge in [-0.25, -0.2) is 0 Å². The van der Waals surface area contributed by atoms with E-state index in [1.165, 1.54) is 11.8 Å². The highest BCUT2D eigenvalue weighted by Gasteiger charge is 2.25. The van der Waals surface area contributed by atoms with Gasteiger partial charge in [0.05, 0.1) is 17.7 Å². The molecule has 0 aliphatic carbocycles. The van der Waals surface area contributed by atoms with Crippen LogP contribution in [0.1, 0.15) is 13.3 Å². The average molecular weight is 413 g/mol. The summed E-state index contributed by atoms with van der Waals surface area (Å²) >= 11 is 7.08. The molecule has 2 aromatic carbocycles. The molecule has 1 unspecified atom stereocenters. The Kier molecular flexibility index (Phi) is 6.69. The van der Waals surface area contributed by atoms with Gasteiger partial charge in [-0.15, -0.1) is 10.2 Å². The van der Waals surface area contributed by atoms with Crippen LogP contribution in [-0.4, -0.2) is 27.9 Å². The van der Waals surface area contributed by atoms with Gasteiger partial charge in [0.1, 0.15) is 0 Å². The normalized spacial score (nSPS) is 11.6. The van der Waals surface area contributed by atoms with Crippen LogP contribution in [-0.2, 0) is 4.79 Å². The number of rotatable bonds is 7. The Hall–Kier alpha value is -2.82. The van der Waals surface area contributed by atoms with E-state index in [1.807, 2.05) is 30.3 Å². The zero-order valence-corrected chi connectivity index (χ0v) is 16.7. The molecule has 0 N–H and O–H groups in total. The Morgan fingerprint density at radius 1 is 1.21 bits per heavy atom. The molecule has 28 heavy (non-hydrogen) atoms. The number of carbonyl (C=O) groups excluding carboxylic acids is 1. The Balaban J connectivity index is 1.72. The van der Waals surface area contributed by atoms with Crippen molar-refractivity contribution in [3.05, 3.63) is 59.6 Å². The lowest BCUT2D eigenvalue weighted by atomic mass is 10.2. The minimum atomic E-state index is -0.461. The monoisotopic (exact) mass is 412 g/mol. The molecule has 0 aliphatic heterocycles. The number of hydrogen-bond acceptors (Lipinski definition) is 6. The first kappa shape index (κ1) is 19.9. The largest absolute Gasteiger partial charge is 0.411 e. The molecule has 3 rings (SSSR count). The molecule has 0 radical (unpaired) electrons. The Morgan fingerprint density at radius 2 is 1.93 bits per heavy atom. The summed E-state index contributed by atoms with van der Waals surface area (Å²) in [4.78, 5) is 14.6. The van der Waals surface area contributed by atoms with E-state index in [0.29, 0.717) is 22.7 Å². The summed E-state index contributed by atoms with van der Waals surface area (Å²) in [6.45, 7) is 2.10. The molecule has 0 saturated carbocycles. The van der Waals surface area contributed by atoms with Crippen molar-refractivity contribution >= 4 is 35.0 Å². The minimum absolute atomic E-state index is 0.127. The highest BCUT2D eigenvalue weighted by atomic mass is 35.5. The molecule has 0 bridgehead atoms.